The second-order valence-electron chi connectivity index (χ2n) is 7.10. The first-order valence-electron chi connectivity index (χ1n) is 8.38. The average molecular weight is 355 g/mol. The first-order chi connectivity index (χ1) is 11.3. The van der Waals surface area contributed by atoms with Crippen LogP contribution in [0.2, 0.25) is 5.02 Å². The molecule has 1 aliphatic heterocycles. The highest BCUT2D eigenvalue weighted by molar-refractivity contribution is 6.30. The van der Waals surface area contributed by atoms with Crippen molar-refractivity contribution in [1.82, 2.24) is 10.6 Å². The van der Waals surface area contributed by atoms with E-state index in [4.69, 9.17) is 21.1 Å². The van der Waals surface area contributed by atoms with Crippen LogP contribution in [-0.2, 0) is 16.1 Å². The van der Waals surface area contributed by atoms with E-state index in [2.05, 4.69) is 10.6 Å². The van der Waals surface area contributed by atoms with E-state index in [0.717, 1.165) is 31.6 Å². The molecule has 0 bridgehead atoms. The maximum absolute atomic E-state index is 11.9. The van der Waals surface area contributed by atoms with Crippen LogP contribution in [0, 0.1) is 0 Å². The van der Waals surface area contributed by atoms with Crippen molar-refractivity contribution in [2.75, 3.05) is 19.8 Å². The van der Waals surface area contributed by atoms with E-state index >= 15 is 0 Å². The van der Waals surface area contributed by atoms with Gasteiger partial charge in [0.1, 0.15) is 5.75 Å². The molecular formula is C18H27ClN2O3. The lowest BCUT2D eigenvalue weighted by molar-refractivity contribution is -0.124. The molecule has 2 rings (SSSR count). The van der Waals surface area contributed by atoms with E-state index in [-0.39, 0.29) is 24.2 Å². The molecule has 5 nitrogen and oxygen atoms in total. The van der Waals surface area contributed by atoms with E-state index < -0.39 is 0 Å². The Kier molecular flexibility index (Phi) is 6.90. The standard InChI is InChI=1S/C18H27ClN2O3/c1-18(2,3)21-17(22)12-24-16-7-6-14(19)9-13(16)10-20-11-15-5-4-8-23-15/h6-7,9,15,20H,4-5,8,10-12H2,1-3H3,(H,21,22). The monoisotopic (exact) mass is 354 g/mol. The molecule has 0 saturated carbocycles. The van der Waals surface area contributed by atoms with Crippen LogP contribution in [0.25, 0.3) is 0 Å². The minimum absolute atomic E-state index is 0.0162. The molecule has 0 aliphatic carbocycles. The zero-order valence-electron chi connectivity index (χ0n) is 14.7. The molecule has 1 saturated heterocycles. The van der Waals surface area contributed by atoms with Crippen molar-refractivity contribution in [2.45, 2.75) is 51.8 Å². The Morgan fingerprint density at radius 1 is 1.42 bits per heavy atom. The molecular weight excluding hydrogens is 328 g/mol. The fourth-order valence-corrected chi connectivity index (χ4v) is 2.79. The van der Waals surface area contributed by atoms with E-state index in [1.54, 1.807) is 12.1 Å². The molecule has 6 heteroatoms. The molecule has 1 amide bonds. The van der Waals surface area contributed by atoms with Crippen LogP contribution in [0.1, 0.15) is 39.2 Å². The van der Waals surface area contributed by atoms with Crippen molar-refractivity contribution in [1.29, 1.82) is 0 Å². The third-order valence-electron chi connectivity index (χ3n) is 3.61. The summed E-state index contributed by atoms with van der Waals surface area (Å²) in [5.74, 6) is 0.527. The van der Waals surface area contributed by atoms with Gasteiger partial charge < -0.3 is 20.1 Å². The molecule has 1 fully saturated rings. The van der Waals surface area contributed by atoms with Crippen LogP contribution in [-0.4, -0.2) is 37.3 Å². The number of hydrogen-bond acceptors (Lipinski definition) is 4. The number of hydrogen-bond donors (Lipinski definition) is 2. The quantitative estimate of drug-likeness (QED) is 0.790. The maximum Gasteiger partial charge on any atom is 0.258 e. The first-order valence-corrected chi connectivity index (χ1v) is 8.76. The molecule has 0 spiro atoms. The van der Waals surface area contributed by atoms with Gasteiger partial charge in [-0.3, -0.25) is 4.79 Å². The number of carbonyl (C=O) groups is 1. The number of amides is 1. The topological polar surface area (TPSA) is 59.6 Å². The average Bonchev–Trinajstić information content (AvgIpc) is 2.98. The summed E-state index contributed by atoms with van der Waals surface area (Å²) in [5, 5.41) is 6.90. The predicted octanol–water partition coefficient (Wildman–Crippen LogP) is 2.90. The Bertz CT molecular complexity index is 552. The predicted molar refractivity (Wildman–Crippen MR) is 95.5 cm³/mol. The molecule has 2 N–H and O–H groups in total. The summed E-state index contributed by atoms with van der Waals surface area (Å²) < 4.78 is 11.3. The van der Waals surface area contributed by atoms with Crippen LogP contribution >= 0.6 is 11.6 Å². The maximum atomic E-state index is 11.9. The van der Waals surface area contributed by atoms with Gasteiger partial charge in [-0.2, -0.15) is 0 Å². The van der Waals surface area contributed by atoms with Gasteiger partial charge in [-0.25, -0.2) is 0 Å². The zero-order valence-corrected chi connectivity index (χ0v) is 15.4. The molecule has 0 aromatic heterocycles. The molecule has 0 radical (unpaired) electrons. The zero-order chi connectivity index (χ0) is 17.6. The summed E-state index contributed by atoms with van der Waals surface area (Å²) in [7, 11) is 0. The second kappa shape index (κ2) is 8.70. The summed E-state index contributed by atoms with van der Waals surface area (Å²) in [6.45, 7) is 8.07. The first kappa shape index (κ1) is 19.0. The summed E-state index contributed by atoms with van der Waals surface area (Å²) in [6.07, 6.45) is 2.51. The van der Waals surface area contributed by atoms with E-state index in [0.29, 0.717) is 17.3 Å². The van der Waals surface area contributed by atoms with Gasteiger partial charge in [-0.15, -0.1) is 0 Å². The van der Waals surface area contributed by atoms with Gasteiger partial charge in [0, 0.05) is 35.8 Å². The summed E-state index contributed by atoms with van der Waals surface area (Å²) in [5.41, 5.74) is 0.663. The highest BCUT2D eigenvalue weighted by Gasteiger charge is 2.16. The van der Waals surface area contributed by atoms with Crippen molar-refractivity contribution in [3.8, 4) is 5.75 Å². The highest BCUT2D eigenvalue weighted by atomic mass is 35.5. The summed E-state index contributed by atoms with van der Waals surface area (Å²) in [4.78, 5) is 11.9. The van der Waals surface area contributed by atoms with Gasteiger partial charge in [-0.05, 0) is 51.8 Å². The van der Waals surface area contributed by atoms with Gasteiger partial charge >= 0.3 is 0 Å². The summed E-state index contributed by atoms with van der Waals surface area (Å²) in [6, 6.07) is 5.43. The Labute approximate surface area is 149 Å². The third-order valence-corrected chi connectivity index (χ3v) is 3.84. The lowest BCUT2D eigenvalue weighted by Crippen LogP contribution is -2.43. The molecule has 134 valence electrons. The lowest BCUT2D eigenvalue weighted by atomic mass is 10.1. The Balaban J connectivity index is 1.87. The Hall–Kier alpha value is -1.30. The fraction of sp³-hybridized carbons (Fsp3) is 0.611. The molecule has 1 heterocycles. The SMILES string of the molecule is CC(C)(C)NC(=O)COc1ccc(Cl)cc1CNCC1CCCO1. The van der Waals surface area contributed by atoms with Gasteiger partial charge in [-0.1, -0.05) is 11.6 Å². The Morgan fingerprint density at radius 3 is 2.88 bits per heavy atom. The molecule has 1 unspecified atom stereocenters. The number of benzene rings is 1. The number of carbonyl (C=O) groups excluding carboxylic acids is 1. The number of halogens is 1. The molecule has 24 heavy (non-hydrogen) atoms. The minimum Gasteiger partial charge on any atom is -0.483 e. The van der Waals surface area contributed by atoms with Crippen LogP contribution in [0.3, 0.4) is 0 Å². The van der Waals surface area contributed by atoms with Crippen molar-refractivity contribution >= 4 is 17.5 Å². The van der Waals surface area contributed by atoms with Crippen molar-refractivity contribution in [3.05, 3.63) is 28.8 Å². The Morgan fingerprint density at radius 2 is 2.21 bits per heavy atom. The summed E-state index contributed by atoms with van der Waals surface area (Å²) >= 11 is 6.09. The molecule has 1 aliphatic rings. The molecule has 1 atom stereocenters. The van der Waals surface area contributed by atoms with Crippen LogP contribution in [0.5, 0.6) is 5.75 Å². The van der Waals surface area contributed by atoms with Crippen molar-refractivity contribution in [2.24, 2.45) is 0 Å². The number of rotatable bonds is 7. The molecule has 1 aromatic carbocycles. The number of ether oxygens (including phenoxy) is 2. The second-order valence-corrected chi connectivity index (χ2v) is 7.54. The van der Waals surface area contributed by atoms with Crippen LogP contribution in [0.15, 0.2) is 18.2 Å². The van der Waals surface area contributed by atoms with Gasteiger partial charge in [0.2, 0.25) is 0 Å². The lowest BCUT2D eigenvalue weighted by Gasteiger charge is -2.21. The van der Waals surface area contributed by atoms with Crippen LogP contribution in [0.4, 0.5) is 0 Å². The minimum atomic E-state index is -0.272. The van der Waals surface area contributed by atoms with Crippen molar-refractivity contribution < 1.29 is 14.3 Å². The third kappa shape index (κ3) is 6.67. The highest BCUT2D eigenvalue weighted by Crippen LogP contribution is 2.23. The normalized spacial score (nSPS) is 17.8. The van der Waals surface area contributed by atoms with Gasteiger partial charge in [0.05, 0.1) is 6.10 Å². The fourth-order valence-electron chi connectivity index (χ4n) is 2.60. The van der Waals surface area contributed by atoms with Crippen LogP contribution < -0.4 is 15.4 Å². The smallest absolute Gasteiger partial charge is 0.258 e. The van der Waals surface area contributed by atoms with Gasteiger partial charge in [0.15, 0.2) is 6.61 Å². The van der Waals surface area contributed by atoms with E-state index in [1.807, 2.05) is 26.8 Å². The number of nitrogens with one attached hydrogen (secondary N) is 2. The molecule has 1 aromatic rings. The van der Waals surface area contributed by atoms with Gasteiger partial charge in [0.25, 0.3) is 5.91 Å². The largest absolute Gasteiger partial charge is 0.483 e. The van der Waals surface area contributed by atoms with E-state index in [9.17, 15) is 4.79 Å². The van der Waals surface area contributed by atoms with E-state index in [1.165, 1.54) is 0 Å². The van der Waals surface area contributed by atoms with Crippen molar-refractivity contribution in [3.63, 3.8) is 0 Å².